The highest BCUT2D eigenvalue weighted by atomic mass is 16.5. The number of benzene rings is 3. The number of hydrogen-bond acceptors (Lipinski definition) is 5. The molecule has 2 fully saturated rings. The lowest BCUT2D eigenvalue weighted by Crippen LogP contribution is -2.44. The van der Waals surface area contributed by atoms with Crippen molar-refractivity contribution in [2.45, 2.75) is 32.3 Å². The van der Waals surface area contributed by atoms with E-state index in [1.165, 1.54) is 18.4 Å². The Hall–Kier alpha value is -3.84. The third-order valence-corrected chi connectivity index (χ3v) is 7.60. The molecule has 2 unspecified atom stereocenters. The van der Waals surface area contributed by atoms with Crippen LogP contribution < -0.4 is 15.5 Å². The Morgan fingerprint density at radius 1 is 0.921 bits per heavy atom. The molecule has 198 valence electrons. The number of carbonyl (C=O) groups is 2. The van der Waals surface area contributed by atoms with E-state index in [0.29, 0.717) is 17.2 Å². The molecule has 3 aromatic rings. The Labute approximate surface area is 224 Å². The molecule has 1 heterocycles. The van der Waals surface area contributed by atoms with Crippen molar-refractivity contribution in [3.8, 4) is 0 Å². The molecule has 2 atom stereocenters. The average Bonchev–Trinajstić information content (AvgIpc) is 3.74. The molecule has 1 aliphatic carbocycles. The number of amides is 2. The predicted octanol–water partition coefficient (Wildman–Crippen LogP) is 5.95. The summed E-state index contributed by atoms with van der Waals surface area (Å²) in [5.41, 5.74) is 4.92. The summed E-state index contributed by atoms with van der Waals surface area (Å²) in [6.07, 6.45) is 1.91. The summed E-state index contributed by atoms with van der Waals surface area (Å²) in [7, 11) is 2.10. The maximum Gasteiger partial charge on any atom is 0.412 e. The lowest BCUT2D eigenvalue weighted by Gasteiger charge is -2.35. The second-order valence-corrected chi connectivity index (χ2v) is 10.3. The van der Waals surface area contributed by atoms with Gasteiger partial charge in [0.05, 0.1) is 11.4 Å². The van der Waals surface area contributed by atoms with Crippen LogP contribution in [-0.2, 0) is 11.3 Å². The highest BCUT2D eigenvalue weighted by Gasteiger charge is 2.36. The Balaban J connectivity index is 1.29. The van der Waals surface area contributed by atoms with Crippen LogP contribution in [0.15, 0.2) is 72.8 Å². The number of nitrogens with zero attached hydrogens (tertiary/aromatic N) is 2. The number of nitrogens with one attached hydrogen (secondary N) is 2. The molecule has 2 amide bonds. The van der Waals surface area contributed by atoms with E-state index in [9.17, 15) is 9.59 Å². The molecule has 1 saturated carbocycles. The first kappa shape index (κ1) is 25.8. The van der Waals surface area contributed by atoms with Gasteiger partial charge in [-0.05, 0) is 66.8 Å². The lowest BCUT2D eigenvalue weighted by molar-refractivity contribution is 0.102. The third kappa shape index (κ3) is 6.34. The largest absolute Gasteiger partial charge is 0.444 e. The van der Waals surface area contributed by atoms with E-state index in [4.69, 9.17) is 4.74 Å². The van der Waals surface area contributed by atoms with E-state index in [-0.39, 0.29) is 12.5 Å². The van der Waals surface area contributed by atoms with E-state index in [1.807, 2.05) is 54.6 Å². The van der Waals surface area contributed by atoms with Crippen molar-refractivity contribution < 1.29 is 14.3 Å². The van der Waals surface area contributed by atoms with Crippen LogP contribution in [0.3, 0.4) is 0 Å². The molecule has 0 radical (unpaired) electrons. The molecule has 7 heteroatoms. The van der Waals surface area contributed by atoms with Gasteiger partial charge in [-0.2, -0.15) is 0 Å². The minimum absolute atomic E-state index is 0.173. The van der Waals surface area contributed by atoms with E-state index >= 15 is 0 Å². The summed E-state index contributed by atoms with van der Waals surface area (Å²) >= 11 is 0. The summed E-state index contributed by atoms with van der Waals surface area (Å²) in [5.74, 6) is 1.22. The quantitative estimate of drug-likeness (QED) is 0.390. The van der Waals surface area contributed by atoms with Gasteiger partial charge in [0.2, 0.25) is 0 Å². The summed E-state index contributed by atoms with van der Waals surface area (Å²) < 4.78 is 5.46. The molecule has 7 nitrogen and oxygen atoms in total. The van der Waals surface area contributed by atoms with Gasteiger partial charge in [-0.25, -0.2) is 4.79 Å². The number of anilines is 3. The summed E-state index contributed by atoms with van der Waals surface area (Å²) in [6.45, 7) is 5.93. The Bertz CT molecular complexity index is 1250. The van der Waals surface area contributed by atoms with E-state index < -0.39 is 6.09 Å². The maximum absolute atomic E-state index is 13.1. The molecule has 1 saturated heterocycles. The predicted molar refractivity (Wildman–Crippen MR) is 152 cm³/mol. The van der Waals surface area contributed by atoms with Crippen molar-refractivity contribution in [3.05, 3.63) is 89.5 Å². The second kappa shape index (κ2) is 11.7. The Kier molecular flexibility index (Phi) is 7.94. The van der Waals surface area contributed by atoms with Gasteiger partial charge in [-0.1, -0.05) is 55.8 Å². The number of piperazine rings is 1. The highest BCUT2D eigenvalue weighted by molar-refractivity contribution is 6.06. The molecule has 1 aliphatic heterocycles. The zero-order valence-electron chi connectivity index (χ0n) is 22.2. The summed E-state index contributed by atoms with van der Waals surface area (Å²) in [4.78, 5) is 30.4. The van der Waals surface area contributed by atoms with Crippen LogP contribution in [0.1, 0.15) is 47.2 Å². The van der Waals surface area contributed by atoms with Gasteiger partial charge < -0.3 is 19.9 Å². The molecule has 3 aromatic carbocycles. The molecular weight excluding hydrogens is 476 g/mol. The number of ether oxygens (including phenoxy) is 1. The van der Waals surface area contributed by atoms with Crippen molar-refractivity contribution in [2.75, 3.05) is 48.8 Å². The number of hydrogen-bond donors (Lipinski definition) is 2. The van der Waals surface area contributed by atoms with Crippen LogP contribution in [-0.4, -0.2) is 50.1 Å². The van der Waals surface area contributed by atoms with Crippen LogP contribution in [0.2, 0.25) is 0 Å². The molecule has 2 aliphatic rings. The number of carbonyl (C=O) groups excluding carboxylic acids is 2. The fourth-order valence-electron chi connectivity index (χ4n) is 5.09. The zero-order valence-corrected chi connectivity index (χ0v) is 22.2. The highest BCUT2D eigenvalue weighted by Crippen LogP contribution is 2.49. The smallest absolute Gasteiger partial charge is 0.412 e. The topological polar surface area (TPSA) is 73.9 Å². The molecule has 5 rings (SSSR count). The van der Waals surface area contributed by atoms with Crippen LogP contribution in [0.5, 0.6) is 0 Å². The van der Waals surface area contributed by atoms with Gasteiger partial charge >= 0.3 is 6.09 Å². The first-order valence-corrected chi connectivity index (χ1v) is 13.5. The average molecular weight is 513 g/mol. The first-order chi connectivity index (χ1) is 18.5. The first-order valence-electron chi connectivity index (χ1n) is 13.5. The van der Waals surface area contributed by atoms with Crippen molar-refractivity contribution in [3.63, 3.8) is 0 Å². The third-order valence-electron chi connectivity index (χ3n) is 7.60. The van der Waals surface area contributed by atoms with Gasteiger partial charge in [0.15, 0.2) is 0 Å². The van der Waals surface area contributed by atoms with E-state index in [2.05, 4.69) is 46.5 Å². The maximum atomic E-state index is 13.1. The van der Waals surface area contributed by atoms with Crippen LogP contribution >= 0.6 is 0 Å². The number of likely N-dealkylation sites (N-methyl/N-ethyl adjacent to an activating group) is 1. The van der Waals surface area contributed by atoms with Crippen molar-refractivity contribution in [2.24, 2.45) is 5.92 Å². The SMILES string of the molecule is CCC1CC1c1ccc(NC(=O)c2ccc(N3CCN(C)CC3)c(NC(=O)OCc3ccccc3)c2)cc1. The molecule has 0 spiro atoms. The van der Waals surface area contributed by atoms with E-state index in [1.54, 1.807) is 6.07 Å². The molecular formula is C31H36N4O3. The molecule has 0 bridgehead atoms. The van der Waals surface area contributed by atoms with Crippen LogP contribution in [0.4, 0.5) is 21.9 Å². The van der Waals surface area contributed by atoms with Gasteiger partial charge in [0.1, 0.15) is 6.61 Å². The fraction of sp³-hybridized carbons (Fsp3) is 0.355. The Morgan fingerprint density at radius 3 is 2.34 bits per heavy atom. The van der Waals surface area contributed by atoms with Crippen LogP contribution in [0.25, 0.3) is 0 Å². The normalized spacial score (nSPS) is 19.1. The fourth-order valence-corrected chi connectivity index (χ4v) is 5.09. The lowest BCUT2D eigenvalue weighted by atomic mass is 10.1. The van der Waals surface area contributed by atoms with Gasteiger partial charge in [0.25, 0.3) is 5.91 Å². The second-order valence-electron chi connectivity index (χ2n) is 10.3. The zero-order chi connectivity index (χ0) is 26.5. The number of rotatable bonds is 8. The minimum atomic E-state index is -0.553. The van der Waals surface area contributed by atoms with Gasteiger partial charge in [-0.3, -0.25) is 10.1 Å². The Morgan fingerprint density at radius 2 is 1.66 bits per heavy atom. The minimum Gasteiger partial charge on any atom is -0.444 e. The van der Waals surface area contributed by atoms with E-state index in [0.717, 1.165) is 49.0 Å². The van der Waals surface area contributed by atoms with Crippen molar-refractivity contribution >= 4 is 29.1 Å². The molecule has 38 heavy (non-hydrogen) atoms. The van der Waals surface area contributed by atoms with Gasteiger partial charge in [0, 0.05) is 37.4 Å². The molecule has 0 aromatic heterocycles. The van der Waals surface area contributed by atoms with Crippen molar-refractivity contribution in [1.29, 1.82) is 0 Å². The monoisotopic (exact) mass is 512 g/mol. The standard InChI is InChI=1S/C31H36N4O3/c1-3-23-19-27(23)24-9-12-26(13-10-24)32-30(36)25-11-14-29(35-17-15-34(2)16-18-35)28(20-25)33-31(37)38-21-22-7-5-4-6-8-22/h4-14,20,23,27H,3,15-19,21H2,1-2H3,(H,32,36)(H,33,37). The summed E-state index contributed by atoms with van der Waals surface area (Å²) in [6, 6.07) is 23.2. The van der Waals surface area contributed by atoms with Crippen molar-refractivity contribution in [1.82, 2.24) is 4.90 Å². The van der Waals surface area contributed by atoms with Gasteiger partial charge in [-0.15, -0.1) is 0 Å². The molecule has 2 N–H and O–H groups in total. The van der Waals surface area contributed by atoms with Crippen LogP contribution in [0, 0.1) is 5.92 Å². The summed E-state index contributed by atoms with van der Waals surface area (Å²) in [5, 5.41) is 5.89.